The van der Waals surface area contributed by atoms with Crippen LogP contribution in [0.5, 0.6) is 0 Å². The Morgan fingerprint density at radius 2 is 2.22 bits per heavy atom. The van der Waals surface area contributed by atoms with Crippen LogP contribution in [0.4, 0.5) is 0 Å². The molecule has 2 N–H and O–H groups in total. The number of rotatable bonds is 8. The third kappa shape index (κ3) is 5.01. The van der Waals surface area contributed by atoms with Crippen molar-refractivity contribution in [3.8, 4) is 0 Å². The summed E-state index contributed by atoms with van der Waals surface area (Å²) in [5, 5.41) is 3.63. The summed E-state index contributed by atoms with van der Waals surface area (Å²) in [5.41, 5.74) is 0. The van der Waals surface area contributed by atoms with Gasteiger partial charge in [0.15, 0.2) is 0 Å². The van der Waals surface area contributed by atoms with Gasteiger partial charge >= 0.3 is 0 Å². The molecule has 0 aromatic carbocycles. The quantitative estimate of drug-likeness (QED) is 0.707. The molecule has 0 fully saturated rings. The molecule has 0 spiro atoms. The molecule has 0 saturated heterocycles. The Hall–Kier alpha value is -0.500. The van der Waals surface area contributed by atoms with Crippen molar-refractivity contribution < 1.29 is 8.42 Å². The fourth-order valence-electron chi connectivity index (χ4n) is 1.39. The standard InChI is InChI=1S/C11H21N3O2S2/c1-4-5-12-6-9(2)18(15,16)14-8-11-7-13-10(3)17-11/h7,9,12,14H,4-6,8H2,1-3H3. The molecule has 104 valence electrons. The number of nitrogens with zero attached hydrogens (tertiary/aromatic N) is 1. The number of nitrogens with one attached hydrogen (secondary N) is 2. The van der Waals surface area contributed by atoms with Crippen molar-refractivity contribution in [3.05, 3.63) is 16.1 Å². The Kier molecular flexibility index (Phi) is 6.20. The van der Waals surface area contributed by atoms with Crippen molar-refractivity contribution in [2.24, 2.45) is 0 Å². The normalized spacial score (nSPS) is 13.7. The maximum Gasteiger partial charge on any atom is 0.215 e. The van der Waals surface area contributed by atoms with Crippen molar-refractivity contribution in [1.82, 2.24) is 15.0 Å². The minimum atomic E-state index is -3.26. The molecule has 0 bridgehead atoms. The lowest BCUT2D eigenvalue weighted by atomic mass is 10.4. The van der Waals surface area contributed by atoms with Crippen molar-refractivity contribution in [3.63, 3.8) is 0 Å². The molecule has 1 aromatic rings. The highest BCUT2D eigenvalue weighted by molar-refractivity contribution is 7.90. The van der Waals surface area contributed by atoms with E-state index in [4.69, 9.17) is 0 Å². The summed E-state index contributed by atoms with van der Waals surface area (Å²) in [7, 11) is -3.26. The van der Waals surface area contributed by atoms with Crippen molar-refractivity contribution in [2.75, 3.05) is 13.1 Å². The van der Waals surface area contributed by atoms with Gasteiger partial charge < -0.3 is 5.32 Å². The van der Waals surface area contributed by atoms with E-state index in [1.54, 1.807) is 13.1 Å². The van der Waals surface area contributed by atoms with Crippen LogP contribution < -0.4 is 10.0 Å². The molecule has 1 atom stereocenters. The van der Waals surface area contributed by atoms with Crippen LogP contribution in [0.15, 0.2) is 6.20 Å². The zero-order valence-corrected chi connectivity index (χ0v) is 12.7. The highest BCUT2D eigenvalue weighted by Gasteiger charge is 2.19. The first-order valence-electron chi connectivity index (χ1n) is 6.06. The molecule has 1 unspecified atom stereocenters. The number of hydrogen-bond acceptors (Lipinski definition) is 5. The Morgan fingerprint density at radius 1 is 1.50 bits per heavy atom. The molecule has 0 radical (unpaired) electrons. The lowest BCUT2D eigenvalue weighted by molar-refractivity contribution is 0.557. The van der Waals surface area contributed by atoms with Crippen molar-refractivity contribution in [1.29, 1.82) is 0 Å². The highest BCUT2D eigenvalue weighted by atomic mass is 32.2. The van der Waals surface area contributed by atoms with Gasteiger partial charge in [-0.1, -0.05) is 6.92 Å². The Balaban J connectivity index is 2.43. The smallest absolute Gasteiger partial charge is 0.215 e. The molecule has 5 nitrogen and oxygen atoms in total. The SMILES string of the molecule is CCCNCC(C)S(=O)(=O)NCc1cnc(C)s1. The molecule has 1 rings (SSSR count). The molecule has 0 amide bonds. The Morgan fingerprint density at radius 3 is 2.78 bits per heavy atom. The van der Waals surface area contributed by atoms with E-state index in [9.17, 15) is 8.42 Å². The first-order valence-corrected chi connectivity index (χ1v) is 8.42. The fraction of sp³-hybridized carbons (Fsp3) is 0.727. The summed E-state index contributed by atoms with van der Waals surface area (Å²) < 4.78 is 26.5. The number of aryl methyl sites for hydroxylation is 1. The van der Waals surface area contributed by atoms with Crippen LogP contribution in [0.3, 0.4) is 0 Å². The average molecular weight is 291 g/mol. The number of sulfonamides is 1. The Labute approximate surface area is 113 Å². The van der Waals surface area contributed by atoms with E-state index < -0.39 is 15.3 Å². The van der Waals surface area contributed by atoms with Gasteiger partial charge in [-0.15, -0.1) is 11.3 Å². The summed E-state index contributed by atoms with van der Waals surface area (Å²) in [6.07, 6.45) is 2.71. The number of aromatic nitrogens is 1. The molecule has 0 saturated carbocycles. The van der Waals surface area contributed by atoms with Gasteiger partial charge in [-0.2, -0.15) is 0 Å². The van der Waals surface area contributed by atoms with Gasteiger partial charge in [-0.05, 0) is 26.8 Å². The zero-order valence-electron chi connectivity index (χ0n) is 11.1. The van der Waals surface area contributed by atoms with E-state index >= 15 is 0 Å². The maximum atomic E-state index is 11.9. The molecule has 18 heavy (non-hydrogen) atoms. The summed E-state index contributed by atoms with van der Waals surface area (Å²) in [6.45, 7) is 7.31. The summed E-state index contributed by atoms with van der Waals surface area (Å²) in [5.74, 6) is 0. The molecule has 0 aliphatic rings. The van der Waals surface area contributed by atoms with Gasteiger partial charge in [0.25, 0.3) is 0 Å². The van der Waals surface area contributed by atoms with Crippen LogP contribution in [0.25, 0.3) is 0 Å². The van der Waals surface area contributed by atoms with Gasteiger partial charge in [0, 0.05) is 24.2 Å². The van der Waals surface area contributed by atoms with Crippen LogP contribution in [0.1, 0.15) is 30.2 Å². The Bertz CT molecular complexity index is 457. The van der Waals surface area contributed by atoms with Crippen LogP contribution in [0, 0.1) is 6.92 Å². The van der Waals surface area contributed by atoms with Crippen LogP contribution in [-0.2, 0) is 16.6 Å². The molecule has 0 aliphatic carbocycles. The van der Waals surface area contributed by atoms with Crippen molar-refractivity contribution in [2.45, 2.75) is 39.0 Å². The molecular weight excluding hydrogens is 270 g/mol. The zero-order chi connectivity index (χ0) is 13.6. The fourth-order valence-corrected chi connectivity index (χ4v) is 3.20. The number of hydrogen-bond donors (Lipinski definition) is 2. The van der Waals surface area contributed by atoms with E-state index in [1.165, 1.54) is 11.3 Å². The van der Waals surface area contributed by atoms with E-state index in [1.807, 2.05) is 6.92 Å². The predicted molar refractivity (Wildman–Crippen MR) is 75.2 cm³/mol. The van der Waals surface area contributed by atoms with E-state index in [0.29, 0.717) is 13.1 Å². The van der Waals surface area contributed by atoms with Crippen LogP contribution >= 0.6 is 11.3 Å². The summed E-state index contributed by atoms with van der Waals surface area (Å²) in [4.78, 5) is 5.03. The van der Waals surface area contributed by atoms with Crippen LogP contribution in [0.2, 0.25) is 0 Å². The lowest BCUT2D eigenvalue weighted by Crippen LogP contribution is -2.38. The largest absolute Gasteiger partial charge is 0.315 e. The lowest BCUT2D eigenvalue weighted by Gasteiger charge is -2.13. The third-order valence-corrected chi connectivity index (χ3v) is 5.19. The first-order chi connectivity index (χ1) is 8.45. The summed E-state index contributed by atoms with van der Waals surface area (Å²) >= 11 is 1.51. The van der Waals surface area contributed by atoms with Gasteiger partial charge in [-0.3, -0.25) is 0 Å². The van der Waals surface area contributed by atoms with E-state index in [0.717, 1.165) is 22.9 Å². The maximum absolute atomic E-state index is 11.9. The third-order valence-electron chi connectivity index (χ3n) is 2.51. The molecule has 1 heterocycles. The highest BCUT2D eigenvalue weighted by Crippen LogP contribution is 2.11. The number of thiazole rings is 1. The predicted octanol–water partition coefficient (Wildman–Crippen LogP) is 1.26. The minimum absolute atomic E-state index is 0.325. The second-order valence-corrected chi connectivity index (χ2v) is 7.73. The topological polar surface area (TPSA) is 71.1 Å². The second-order valence-electron chi connectivity index (χ2n) is 4.23. The molecule has 1 aromatic heterocycles. The monoisotopic (exact) mass is 291 g/mol. The second kappa shape index (κ2) is 7.18. The molecule has 7 heteroatoms. The summed E-state index contributed by atoms with van der Waals surface area (Å²) in [6, 6.07) is 0. The molecular formula is C11H21N3O2S2. The van der Waals surface area contributed by atoms with Gasteiger partial charge in [0.05, 0.1) is 10.3 Å². The van der Waals surface area contributed by atoms with Gasteiger partial charge in [-0.25, -0.2) is 18.1 Å². The minimum Gasteiger partial charge on any atom is -0.315 e. The van der Waals surface area contributed by atoms with Gasteiger partial charge in [0.2, 0.25) is 10.0 Å². The first kappa shape index (κ1) is 15.6. The van der Waals surface area contributed by atoms with E-state index in [-0.39, 0.29) is 0 Å². The average Bonchev–Trinajstić information content (AvgIpc) is 2.73. The van der Waals surface area contributed by atoms with Crippen LogP contribution in [-0.4, -0.2) is 31.7 Å². The molecule has 0 aliphatic heterocycles. The van der Waals surface area contributed by atoms with E-state index in [2.05, 4.69) is 21.9 Å². The van der Waals surface area contributed by atoms with Gasteiger partial charge in [0.1, 0.15) is 0 Å². The van der Waals surface area contributed by atoms with Crippen molar-refractivity contribution >= 4 is 21.4 Å².